The highest BCUT2D eigenvalue weighted by Gasteiger charge is 2.10. The zero-order valence-corrected chi connectivity index (χ0v) is 9.04. The third kappa shape index (κ3) is 2.67. The normalized spacial score (nSPS) is 9.56. The molecule has 8 nitrogen and oxygen atoms in total. The fourth-order valence-electron chi connectivity index (χ4n) is 0.952. The van der Waals surface area contributed by atoms with Crippen LogP contribution in [0.25, 0.3) is 11.2 Å². The number of carboxylic acid groups (broad SMARTS) is 1. The average molecular weight is 243 g/mol. The molecule has 86 valence electrons. The third-order valence-electron chi connectivity index (χ3n) is 1.45. The summed E-state index contributed by atoms with van der Waals surface area (Å²) >= 11 is 4.82. The van der Waals surface area contributed by atoms with Crippen molar-refractivity contribution < 1.29 is 13.9 Å². The van der Waals surface area contributed by atoms with Crippen molar-refractivity contribution in [1.29, 1.82) is 0 Å². The van der Waals surface area contributed by atoms with E-state index in [1.54, 1.807) is 0 Å². The predicted molar refractivity (Wildman–Crippen MR) is 57.4 cm³/mol. The van der Waals surface area contributed by atoms with E-state index in [0.717, 1.165) is 6.92 Å². The van der Waals surface area contributed by atoms with Crippen LogP contribution in [-0.2, 0) is 17.6 Å². The lowest BCUT2D eigenvalue weighted by Gasteiger charge is -1.95. The minimum absolute atomic E-state index is 0.0608. The van der Waals surface area contributed by atoms with Gasteiger partial charge in [-0.05, 0) is 0 Å². The standard InChI is InChI=1S/C5H5N5OS.C2H4O2/c6-5-8-3-2(4(11)9-5)7-1-10(3)12;1-2(3)4/h1,7H,(H3,6,8,9,11);1H3,(H,3,4). The molecule has 0 amide bonds. The van der Waals surface area contributed by atoms with Crippen molar-refractivity contribution in [3.8, 4) is 0 Å². The number of nitrogens with two attached hydrogens (primary N) is 1. The van der Waals surface area contributed by atoms with E-state index < -0.39 is 5.97 Å². The average Bonchev–Trinajstić information content (AvgIpc) is 2.47. The summed E-state index contributed by atoms with van der Waals surface area (Å²) in [6.07, 6.45) is 1.46. The van der Waals surface area contributed by atoms with Crippen molar-refractivity contribution in [2.45, 2.75) is 6.92 Å². The maximum Gasteiger partial charge on any atom is 0.300 e. The summed E-state index contributed by atoms with van der Waals surface area (Å²) in [4.78, 5) is 29.0. The van der Waals surface area contributed by atoms with Crippen LogP contribution >= 0.6 is 0 Å². The van der Waals surface area contributed by atoms with Crippen molar-refractivity contribution in [1.82, 2.24) is 15.0 Å². The van der Waals surface area contributed by atoms with Gasteiger partial charge in [-0.3, -0.25) is 19.6 Å². The number of aromatic nitrogens is 4. The summed E-state index contributed by atoms with van der Waals surface area (Å²) in [6, 6.07) is 0. The minimum atomic E-state index is -0.833. The van der Waals surface area contributed by atoms with Crippen molar-refractivity contribution in [2.24, 2.45) is 0 Å². The number of carbonyl (C=O) groups is 1. The van der Waals surface area contributed by atoms with Crippen LogP contribution in [0.3, 0.4) is 0 Å². The quantitative estimate of drug-likeness (QED) is 0.330. The molecular weight excluding hydrogens is 234 g/mol. The predicted octanol–water partition coefficient (Wildman–Crippen LogP) is -1.48. The second-order valence-electron chi connectivity index (χ2n) is 2.77. The Balaban J connectivity index is 0.000000280. The maximum atomic E-state index is 11.1. The Labute approximate surface area is 94.7 Å². The second kappa shape index (κ2) is 4.57. The number of aliphatic carboxylic acids is 1. The molecule has 9 heteroatoms. The monoisotopic (exact) mass is 243 g/mol. The molecule has 0 saturated heterocycles. The number of hydrogen-bond donors (Lipinski definition) is 4. The summed E-state index contributed by atoms with van der Waals surface area (Å²) in [6.45, 7) is 1.08. The van der Waals surface area contributed by atoms with E-state index in [4.69, 9.17) is 28.4 Å². The number of nitrogen functional groups attached to an aromatic ring is 1. The van der Waals surface area contributed by atoms with E-state index in [1.807, 2.05) is 0 Å². The van der Waals surface area contributed by atoms with Gasteiger partial charge in [0, 0.05) is 6.92 Å². The Morgan fingerprint density at radius 2 is 2.25 bits per heavy atom. The van der Waals surface area contributed by atoms with Gasteiger partial charge in [0.15, 0.2) is 6.33 Å². The van der Waals surface area contributed by atoms with Crippen LogP contribution in [-0.4, -0.2) is 26.0 Å². The SMILES string of the molecule is CC(=O)O.Nc1nc2c([nH]c[n+]2[S-])c(=O)[nH]1. The van der Waals surface area contributed by atoms with Crippen LogP contribution in [0.15, 0.2) is 11.1 Å². The molecule has 0 aromatic carbocycles. The number of H-pyrrole nitrogens is 2. The minimum Gasteiger partial charge on any atom is -0.596 e. The van der Waals surface area contributed by atoms with Crippen molar-refractivity contribution in [3.63, 3.8) is 0 Å². The topological polar surface area (TPSA) is 129 Å². The molecule has 0 spiro atoms. The molecule has 0 radical (unpaired) electrons. The number of imidazole rings is 1. The van der Waals surface area contributed by atoms with E-state index in [9.17, 15) is 4.79 Å². The molecule has 2 rings (SSSR count). The van der Waals surface area contributed by atoms with Gasteiger partial charge < -0.3 is 27.6 Å². The first-order valence-corrected chi connectivity index (χ1v) is 4.44. The summed E-state index contributed by atoms with van der Waals surface area (Å²) in [7, 11) is 0. The number of nitrogens with zero attached hydrogens (tertiary/aromatic N) is 2. The van der Waals surface area contributed by atoms with Crippen LogP contribution in [0.1, 0.15) is 6.92 Å². The van der Waals surface area contributed by atoms with Gasteiger partial charge in [0.05, 0.1) is 0 Å². The lowest BCUT2D eigenvalue weighted by atomic mass is 10.5. The van der Waals surface area contributed by atoms with Gasteiger partial charge in [0.25, 0.3) is 23.1 Å². The van der Waals surface area contributed by atoms with E-state index in [1.165, 1.54) is 10.3 Å². The molecule has 0 saturated carbocycles. The van der Waals surface area contributed by atoms with E-state index in [2.05, 4.69) is 15.0 Å². The van der Waals surface area contributed by atoms with E-state index in [0.29, 0.717) is 11.2 Å². The third-order valence-corrected chi connectivity index (χ3v) is 1.73. The molecule has 2 aromatic rings. The largest absolute Gasteiger partial charge is 0.596 e. The number of anilines is 1. The van der Waals surface area contributed by atoms with Crippen molar-refractivity contribution >= 4 is 35.9 Å². The number of rotatable bonds is 0. The van der Waals surface area contributed by atoms with Crippen molar-refractivity contribution in [3.05, 3.63) is 16.7 Å². The number of hydrogen-bond acceptors (Lipinski definition) is 5. The highest BCUT2D eigenvalue weighted by molar-refractivity contribution is 7.51. The van der Waals surface area contributed by atoms with E-state index in [-0.39, 0.29) is 11.5 Å². The van der Waals surface area contributed by atoms with Crippen LogP contribution in [0.4, 0.5) is 5.95 Å². The van der Waals surface area contributed by atoms with Gasteiger partial charge in [-0.2, -0.15) is 0 Å². The highest BCUT2D eigenvalue weighted by atomic mass is 32.1. The molecule has 2 heterocycles. The molecule has 2 aromatic heterocycles. The maximum absolute atomic E-state index is 11.1. The van der Waals surface area contributed by atoms with Gasteiger partial charge in [0.1, 0.15) is 0 Å². The van der Waals surface area contributed by atoms with Crippen LogP contribution in [0.2, 0.25) is 0 Å². The van der Waals surface area contributed by atoms with E-state index >= 15 is 0 Å². The van der Waals surface area contributed by atoms with Gasteiger partial charge >= 0.3 is 0 Å². The Morgan fingerprint density at radius 1 is 1.69 bits per heavy atom. The molecule has 0 unspecified atom stereocenters. The molecule has 0 aliphatic heterocycles. The highest BCUT2D eigenvalue weighted by Crippen LogP contribution is 1.96. The van der Waals surface area contributed by atoms with Crippen molar-refractivity contribution in [2.75, 3.05) is 5.73 Å². The lowest BCUT2D eigenvalue weighted by Crippen LogP contribution is -2.26. The first kappa shape index (κ1) is 11.9. The van der Waals surface area contributed by atoms with Gasteiger partial charge in [-0.1, -0.05) is 4.98 Å². The molecule has 5 N–H and O–H groups in total. The smallest absolute Gasteiger partial charge is 0.300 e. The van der Waals surface area contributed by atoms with Crippen LogP contribution in [0.5, 0.6) is 0 Å². The number of carboxylic acids is 1. The molecule has 0 atom stereocenters. The van der Waals surface area contributed by atoms with Crippen LogP contribution in [0, 0.1) is 0 Å². The second-order valence-corrected chi connectivity index (χ2v) is 3.16. The molecular formula is C7H9N5O3S. The van der Waals surface area contributed by atoms with Gasteiger partial charge in [-0.25, -0.2) is 0 Å². The summed E-state index contributed by atoms with van der Waals surface area (Å²) in [5.74, 6) is -0.772. The molecule has 0 bridgehead atoms. The Morgan fingerprint density at radius 3 is 2.81 bits per heavy atom. The fourth-order valence-corrected chi connectivity index (χ4v) is 1.14. The lowest BCUT2D eigenvalue weighted by molar-refractivity contribution is -0.463. The van der Waals surface area contributed by atoms with Gasteiger partial charge in [-0.15, -0.1) is 0 Å². The number of fused-ring (bicyclic) bond motifs is 1. The Hall–Kier alpha value is -2.16. The first-order chi connectivity index (χ1) is 7.41. The van der Waals surface area contributed by atoms with Crippen LogP contribution < -0.4 is 15.3 Å². The summed E-state index contributed by atoms with van der Waals surface area (Å²) in [5.41, 5.74) is 5.69. The first-order valence-electron chi connectivity index (χ1n) is 4.07. The zero-order chi connectivity index (χ0) is 12.3. The number of nitrogens with one attached hydrogen (secondary N) is 2. The van der Waals surface area contributed by atoms with Gasteiger partial charge in [0.2, 0.25) is 5.52 Å². The Kier molecular flexibility index (Phi) is 3.40. The molecule has 0 aliphatic carbocycles. The fraction of sp³-hybridized carbons (Fsp3) is 0.143. The summed E-state index contributed by atoms with van der Waals surface area (Å²) in [5, 5.41) is 7.42. The molecule has 0 fully saturated rings. The molecule has 16 heavy (non-hydrogen) atoms. The molecule has 0 aliphatic rings. The Bertz CT molecular complexity index is 571. The zero-order valence-electron chi connectivity index (χ0n) is 8.22. The summed E-state index contributed by atoms with van der Waals surface area (Å²) < 4.78 is 1.28. The number of aromatic amines is 2.